The molecule has 1 atom stereocenters. The van der Waals surface area contributed by atoms with Crippen LogP contribution in [0.5, 0.6) is 5.75 Å². The van der Waals surface area contributed by atoms with E-state index in [1.807, 2.05) is 12.1 Å². The molecule has 0 aliphatic rings. The normalized spacial score (nSPS) is 12.8. The van der Waals surface area contributed by atoms with Crippen LogP contribution < -0.4 is 0 Å². The molecular formula is C10H14OS. The van der Waals surface area contributed by atoms with E-state index >= 15 is 0 Å². The summed E-state index contributed by atoms with van der Waals surface area (Å²) in [6.45, 7) is 2.12. The van der Waals surface area contributed by atoms with Gasteiger partial charge in [-0.3, -0.25) is 0 Å². The maximum Gasteiger partial charge on any atom is 0.115 e. The van der Waals surface area contributed by atoms with Gasteiger partial charge in [-0.15, -0.1) is 0 Å². The van der Waals surface area contributed by atoms with E-state index in [9.17, 15) is 0 Å². The van der Waals surface area contributed by atoms with Gasteiger partial charge in [0.2, 0.25) is 0 Å². The molecule has 1 aromatic carbocycles. The summed E-state index contributed by atoms with van der Waals surface area (Å²) in [4.78, 5) is 0. The minimum Gasteiger partial charge on any atom is -0.508 e. The molecule has 0 aliphatic heterocycles. The van der Waals surface area contributed by atoms with Crippen molar-refractivity contribution in [3.8, 4) is 5.75 Å². The average Bonchev–Trinajstić information content (AvgIpc) is 2.09. The molecule has 1 aromatic rings. The van der Waals surface area contributed by atoms with Crippen molar-refractivity contribution in [1.29, 1.82) is 0 Å². The highest BCUT2D eigenvalue weighted by Crippen LogP contribution is 2.14. The standard InChI is InChI=1S/C10H14OS/c1-2-10(12)7-8-3-5-9(11)6-4-8/h3-6,10-12H,2,7H2,1H3. The van der Waals surface area contributed by atoms with Crippen molar-refractivity contribution in [2.24, 2.45) is 0 Å². The van der Waals surface area contributed by atoms with Crippen molar-refractivity contribution in [2.45, 2.75) is 25.0 Å². The molecule has 0 fully saturated rings. The van der Waals surface area contributed by atoms with Crippen molar-refractivity contribution in [2.75, 3.05) is 0 Å². The van der Waals surface area contributed by atoms with Crippen LogP contribution in [0.3, 0.4) is 0 Å². The first-order valence-electron chi connectivity index (χ1n) is 4.18. The van der Waals surface area contributed by atoms with E-state index in [1.165, 1.54) is 5.56 Å². The van der Waals surface area contributed by atoms with Crippen LogP contribution in [-0.2, 0) is 6.42 Å². The molecule has 0 aliphatic carbocycles. The molecule has 12 heavy (non-hydrogen) atoms. The summed E-state index contributed by atoms with van der Waals surface area (Å²) in [5.41, 5.74) is 1.23. The van der Waals surface area contributed by atoms with E-state index in [0.29, 0.717) is 11.0 Å². The van der Waals surface area contributed by atoms with E-state index < -0.39 is 0 Å². The first kappa shape index (κ1) is 9.46. The van der Waals surface area contributed by atoms with Gasteiger partial charge in [-0.1, -0.05) is 19.1 Å². The summed E-state index contributed by atoms with van der Waals surface area (Å²) in [5.74, 6) is 0.325. The van der Waals surface area contributed by atoms with Gasteiger partial charge in [-0.2, -0.15) is 12.6 Å². The fourth-order valence-electron chi connectivity index (χ4n) is 1.05. The maximum atomic E-state index is 9.03. The molecule has 0 heterocycles. The first-order valence-corrected chi connectivity index (χ1v) is 4.70. The topological polar surface area (TPSA) is 20.2 Å². The van der Waals surface area contributed by atoms with Gasteiger partial charge >= 0.3 is 0 Å². The molecule has 0 bridgehead atoms. The highest BCUT2D eigenvalue weighted by Gasteiger charge is 2.00. The van der Waals surface area contributed by atoms with E-state index in [-0.39, 0.29) is 0 Å². The van der Waals surface area contributed by atoms with E-state index in [2.05, 4.69) is 19.6 Å². The molecule has 1 rings (SSSR count). The van der Waals surface area contributed by atoms with Crippen molar-refractivity contribution in [3.05, 3.63) is 29.8 Å². The zero-order valence-electron chi connectivity index (χ0n) is 7.20. The Morgan fingerprint density at radius 2 is 1.92 bits per heavy atom. The molecule has 66 valence electrons. The molecule has 1 nitrogen and oxygen atoms in total. The number of phenolic OH excluding ortho intramolecular Hbond substituents is 1. The van der Waals surface area contributed by atoms with Gasteiger partial charge in [0, 0.05) is 5.25 Å². The van der Waals surface area contributed by atoms with Crippen LogP contribution in [-0.4, -0.2) is 10.4 Å². The third-order valence-corrected chi connectivity index (χ3v) is 2.43. The molecule has 0 radical (unpaired) electrons. The number of benzene rings is 1. The average molecular weight is 182 g/mol. The van der Waals surface area contributed by atoms with Crippen LogP contribution >= 0.6 is 12.6 Å². The lowest BCUT2D eigenvalue weighted by molar-refractivity contribution is 0.475. The molecule has 0 saturated heterocycles. The van der Waals surface area contributed by atoms with Gasteiger partial charge < -0.3 is 5.11 Å². The van der Waals surface area contributed by atoms with E-state index in [4.69, 9.17) is 5.11 Å². The lowest BCUT2D eigenvalue weighted by Gasteiger charge is -2.06. The van der Waals surface area contributed by atoms with Crippen LogP contribution in [0.15, 0.2) is 24.3 Å². The Hall–Kier alpha value is -0.630. The van der Waals surface area contributed by atoms with Crippen LogP contribution in [0.2, 0.25) is 0 Å². The van der Waals surface area contributed by atoms with E-state index in [1.54, 1.807) is 12.1 Å². The summed E-state index contributed by atoms with van der Waals surface area (Å²) in [6.07, 6.45) is 2.05. The van der Waals surface area contributed by atoms with Crippen molar-refractivity contribution < 1.29 is 5.11 Å². The Bertz CT molecular complexity index is 230. The fraction of sp³-hybridized carbons (Fsp3) is 0.400. The summed E-state index contributed by atoms with van der Waals surface area (Å²) in [7, 11) is 0. The molecule has 0 spiro atoms. The van der Waals surface area contributed by atoms with Gasteiger partial charge in [0.15, 0.2) is 0 Å². The largest absolute Gasteiger partial charge is 0.508 e. The van der Waals surface area contributed by atoms with Crippen molar-refractivity contribution in [1.82, 2.24) is 0 Å². The van der Waals surface area contributed by atoms with Crippen LogP contribution in [0.25, 0.3) is 0 Å². The molecular weight excluding hydrogens is 168 g/mol. The van der Waals surface area contributed by atoms with Gasteiger partial charge in [-0.25, -0.2) is 0 Å². The van der Waals surface area contributed by atoms with Crippen molar-refractivity contribution in [3.63, 3.8) is 0 Å². The Balaban J connectivity index is 2.58. The minimum atomic E-state index is 0.325. The van der Waals surface area contributed by atoms with Crippen LogP contribution in [0.4, 0.5) is 0 Å². The van der Waals surface area contributed by atoms with Gasteiger partial charge in [0.05, 0.1) is 0 Å². The Morgan fingerprint density at radius 1 is 1.33 bits per heavy atom. The predicted octanol–water partition coefficient (Wildman–Crippen LogP) is 2.64. The highest BCUT2D eigenvalue weighted by molar-refractivity contribution is 7.80. The number of hydrogen-bond donors (Lipinski definition) is 2. The number of rotatable bonds is 3. The quantitative estimate of drug-likeness (QED) is 0.689. The summed E-state index contributed by atoms with van der Waals surface area (Å²) >= 11 is 4.40. The van der Waals surface area contributed by atoms with Crippen molar-refractivity contribution >= 4 is 12.6 Å². The highest BCUT2D eigenvalue weighted by atomic mass is 32.1. The molecule has 0 amide bonds. The molecule has 0 saturated carbocycles. The van der Waals surface area contributed by atoms with Crippen LogP contribution in [0.1, 0.15) is 18.9 Å². The van der Waals surface area contributed by atoms with Gasteiger partial charge in [-0.05, 0) is 30.5 Å². The molecule has 1 unspecified atom stereocenters. The third kappa shape index (κ3) is 2.78. The monoisotopic (exact) mass is 182 g/mol. The van der Waals surface area contributed by atoms with Gasteiger partial charge in [0.1, 0.15) is 5.75 Å². The van der Waals surface area contributed by atoms with E-state index in [0.717, 1.165) is 12.8 Å². The summed E-state index contributed by atoms with van der Waals surface area (Å²) in [6, 6.07) is 7.30. The Labute approximate surface area is 78.8 Å². The Kier molecular flexibility index (Phi) is 3.48. The Morgan fingerprint density at radius 3 is 2.42 bits per heavy atom. The molecule has 1 N–H and O–H groups in total. The number of thiol groups is 1. The zero-order valence-corrected chi connectivity index (χ0v) is 8.09. The second kappa shape index (κ2) is 4.41. The smallest absolute Gasteiger partial charge is 0.115 e. The minimum absolute atomic E-state index is 0.325. The fourth-order valence-corrected chi connectivity index (χ4v) is 1.26. The summed E-state index contributed by atoms with van der Waals surface area (Å²) < 4.78 is 0. The first-order chi connectivity index (χ1) is 5.72. The number of aromatic hydroxyl groups is 1. The number of hydrogen-bond acceptors (Lipinski definition) is 2. The van der Waals surface area contributed by atoms with Gasteiger partial charge in [0.25, 0.3) is 0 Å². The predicted molar refractivity (Wildman–Crippen MR) is 54.9 cm³/mol. The maximum absolute atomic E-state index is 9.03. The van der Waals surface area contributed by atoms with Crippen LogP contribution in [0, 0.1) is 0 Å². The molecule has 2 heteroatoms. The summed E-state index contributed by atoms with van der Waals surface area (Å²) in [5, 5.41) is 9.45. The lowest BCUT2D eigenvalue weighted by atomic mass is 10.1. The second-order valence-corrected chi connectivity index (χ2v) is 3.66. The third-order valence-electron chi connectivity index (χ3n) is 1.88. The lowest BCUT2D eigenvalue weighted by Crippen LogP contribution is -2.00. The second-order valence-electron chi connectivity index (χ2n) is 2.93. The molecule has 0 aromatic heterocycles. The SMILES string of the molecule is CCC(S)Cc1ccc(O)cc1. The number of phenols is 1. The zero-order chi connectivity index (χ0) is 8.97.